The summed E-state index contributed by atoms with van der Waals surface area (Å²) in [5.41, 5.74) is 0.943. The van der Waals surface area contributed by atoms with Crippen LogP contribution in [-0.2, 0) is 6.54 Å². The highest BCUT2D eigenvalue weighted by Crippen LogP contribution is 2.26. The van der Waals surface area contributed by atoms with E-state index in [1.165, 1.54) is 32.4 Å². The molecule has 1 aromatic rings. The fourth-order valence-corrected chi connectivity index (χ4v) is 3.54. The first-order valence-electron chi connectivity index (χ1n) is 7.16. The van der Waals surface area contributed by atoms with Crippen molar-refractivity contribution in [1.82, 2.24) is 9.80 Å². The minimum Gasteiger partial charge on any atom is -0.508 e. The van der Waals surface area contributed by atoms with Gasteiger partial charge in [0.1, 0.15) is 5.75 Å². The first kappa shape index (κ1) is 13.2. The van der Waals surface area contributed by atoms with Crippen LogP contribution < -0.4 is 0 Å². The highest BCUT2D eigenvalue weighted by molar-refractivity contribution is 6.30. The fraction of sp³-hybridized carbons (Fsp3) is 0.600. The number of hydrogen-bond donors (Lipinski definition) is 1. The lowest BCUT2D eigenvalue weighted by Gasteiger charge is -2.25. The molecule has 3 nitrogen and oxygen atoms in total. The maximum Gasteiger partial charge on any atom is 0.120 e. The monoisotopic (exact) mass is 280 g/mol. The molecule has 2 fully saturated rings. The minimum absolute atomic E-state index is 0.358. The molecule has 1 N–H and O–H groups in total. The molecular weight excluding hydrogens is 260 g/mol. The second-order valence-electron chi connectivity index (χ2n) is 5.69. The molecule has 0 radical (unpaired) electrons. The van der Waals surface area contributed by atoms with Crippen LogP contribution >= 0.6 is 11.6 Å². The number of phenols is 1. The molecule has 4 heteroatoms. The molecule has 0 spiro atoms. The molecule has 0 aliphatic carbocycles. The van der Waals surface area contributed by atoms with Gasteiger partial charge in [0.2, 0.25) is 0 Å². The van der Waals surface area contributed by atoms with Crippen molar-refractivity contribution in [3.8, 4) is 5.75 Å². The quantitative estimate of drug-likeness (QED) is 0.902. The van der Waals surface area contributed by atoms with Crippen LogP contribution in [0.25, 0.3) is 0 Å². The number of halogens is 1. The second kappa shape index (κ2) is 5.70. The molecule has 1 atom stereocenters. The van der Waals surface area contributed by atoms with E-state index in [0.29, 0.717) is 16.8 Å². The van der Waals surface area contributed by atoms with Gasteiger partial charge < -0.3 is 5.11 Å². The van der Waals surface area contributed by atoms with Crippen LogP contribution in [0.1, 0.15) is 24.8 Å². The number of hydrogen-bond acceptors (Lipinski definition) is 3. The average Bonchev–Trinajstić information content (AvgIpc) is 2.73. The van der Waals surface area contributed by atoms with Gasteiger partial charge in [-0.2, -0.15) is 0 Å². The molecule has 2 aliphatic rings. The van der Waals surface area contributed by atoms with Crippen LogP contribution in [0, 0.1) is 0 Å². The summed E-state index contributed by atoms with van der Waals surface area (Å²) in [7, 11) is 0. The number of phenolic OH excluding ortho intramolecular Hbond substituents is 1. The first-order chi connectivity index (χ1) is 9.22. The molecule has 2 aliphatic heterocycles. The Hall–Kier alpha value is -0.770. The van der Waals surface area contributed by atoms with Crippen LogP contribution in [-0.4, -0.2) is 47.1 Å². The van der Waals surface area contributed by atoms with Crippen LogP contribution in [0.2, 0.25) is 5.02 Å². The smallest absolute Gasteiger partial charge is 0.120 e. The van der Waals surface area contributed by atoms with Crippen LogP contribution in [0.3, 0.4) is 0 Å². The summed E-state index contributed by atoms with van der Waals surface area (Å²) >= 11 is 6.02. The van der Waals surface area contributed by atoms with E-state index in [1.54, 1.807) is 12.1 Å². The van der Waals surface area contributed by atoms with Gasteiger partial charge >= 0.3 is 0 Å². The third-order valence-electron chi connectivity index (χ3n) is 4.32. The second-order valence-corrected chi connectivity index (χ2v) is 6.13. The largest absolute Gasteiger partial charge is 0.508 e. The normalized spacial score (nSPS) is 25.2. The highest BCUT2D eigenvalue weighted by Gasteiger charge is 2.28. The van der Waals surface area contributed by atoms with Crippen molar-refractivity contribution in [1.29, 1.82) is 0 Å². The molecule has 0 saturated carbocycles. The van der Waals surface area contributed by atoms with E-state index in [-0.39, 0.29) is 0 Å². The van der Waals surface area contributed by atoms with E-state index in [4.69, 9.17) is 11.6 Å². The van der Waals surface area contributed by atoms with Crippen LogP contribution in [0.4, 0.5) is 0 Å². The Kier molecular flexibility index (Phi) is 3.96. The molecule has 0 amide bonds. The molecule has 19 heavy (non-hydrogen) atoms. The predicted molar refractivity (Wildman–Crippen MR) is 77.6 cm³/mol. The summed E-state index contributed by atoms with van der Waals surface area (Å²) in [6.45, 7) is 5.52. The van der Waals surface area contributed by atoms with Crippen molar-refractivity contribution >= 4 is 11.6 Å². The Bertz CT molecular complexity index is 452. The molecule has 1 aromatic carbocycles. The lowest BCUT2D eigenvalue weighted by Crippen LogP contribution is -2.36. The summed E-state index contributed by atoms with van der Waals surface area (Å²) in [5, 5.41) is 10.6. The Labute approximate surface area is 119 Å². The van der Waals surface area contributed by atoms with E-state index in [1.807, 2.05) is 6.07 Å². The fourth-order valence-electron chi connectivity index (χ4n) is 3.35. The van der Waals surface area contributed by atoms with Crippen molar-refractivity contribution in [2.45, 2.75) is 31.8 Å². The van der Waals surface area contributed by atoms with E-state index >= 15 is 0 Å². The third kappa shape index (κ3) is 3.04. The maximum absolute atomic E-state index is 9.93. The van der Waals surface area contributed by atoms with E-state index in [9.17, 15) is 5.11 Å². The summed E-state index contributed by atoms with van der Waals surface area (Å²) in [6.07, 6.45) is 3.87. The van der Waals surface area contributed by atoms with Crippen molar-refractivity contribution in [3.05, 3.63) is 28.8 Å². The number of benzene rings is 1. The third-order valence-corrected chi connectivity index (χ3v) is 4.56. The predicted octanol–water partition coefficient (Wildman–Crippen LogP) is 2.72. The summed E-state index contributed by atoms with van der Waals surface area (Å²) < 4.78 is 0. The van der Waals surface area contributed by atoms with Gasteiger partial charge in [0.25, 0.3) is 0 Å². The molecule has 104 valence electrons. The minimum atomic E-state index is 0.358. The Morgan fingerprint density at radius 1 is 1.21 bits per heavy atom. The first-order valence-corrected chi connectivity index (χ1v) is 7.54. The van der Waals surface area contributed by atoms with Crippen molar-refractivity contribution in [2.75, 3.05) is 26.2 Å². The molecule has 0 bridgehead atoms. The maximum atomic E-state index is 9.93. The van der Waals surface area contributed by atoms with Gasteiger partial charge in [-0.15, -0.1) is 0 Å². The van der Waals surface area contributed by atoms with Gasteiger partial charge in [-0.1, -0.05) is 11.6 Å². The van der Waals surface area contributed by atoms with Gasteiger partial charge in [0.15, 0.2) is 0 Å². The number of aromatic hydroxyl groups is 1. The molecule has 3 rings (SSSR count). The number of nitrogens with zero attached hydrogens (tertiary/aromatic N) is 2. The van der Waals surface area contributed by atoms with Gasteiger partial charge in [-0.05, 0) is 57.1 Å². The van der Waals surface area contributed by atoms with Gasteiger partial charge in [0.05, 0.1) is 0 Å². The molecule has 2 heterocycles. The summed E-state index contributed by atoms with van der Waals surface area (Å²) in [5.74, 6) is 0.358. The van der Waals surface area contributed by atoms with Crippen LogP contribution in [0.5, 0.6) is 5.75 Å². The van der Waals surface area contributed by atoms with Gasteiger partial charge in [0, 0.05) is 29.7 Å². The summed E-state index contributed by atoms with van der Waals surface area (Å²) in [6, 6.07) is 6.02. The zero-order chi connectivity index (χ0) is 13.2. The topological polar surface area (TPSA) is 26.7 Å². The molecule has 2 saturated heterocycles. The lowest BCUT2D eigenvalue weighted by atomic mass is 10.1. The Balaban J connectivity index is 1.70. The Morgan fingerprint density at radius 2 is 2.05 bits per heavy atom. The van der Waals surface area contributed by atoms with Crippen molar-refractivity contribution in [2.24, 2.45) is 0 Å². The van der Waals surface area contributed by atoms with Gasteiger partial charge in [-0.3, -0.25) is 9.80 Å². The number of fused-ring (bicyclic) bond motifs is 1. The number of rotatable bonds is 2. The zero-order valence-electron chi connectivity index (χ0n) is 11.2. The van der Waals surface area contributed by atoms with Crippen LogP contribution in [0.15, 0.2) is 18.2 Å². The Morgan fingerprint density at radius 3 is 2.95 bits per heavy atom. The average molecular weight is 281 g/mol. The molecule has 1 unspecified atom stereocenters. The molecular formula is C15H21ClN2O. The molecule has 0 aromatic heterocycles. The zero-order valence-corrected chi connectivity index (χ0v) is 11.9. The standard InChI is InChI=1S/C15H21ClN2O/c16-13-4-5-15(19)12(9-13)10-17-6-2-8-18-7-1-3-14(18)11-17/h4-5,9,14,19H,1-3,6-8,10-11H2. The summed E-state index contributed by atoms with van der Waals surface area (Å²) in [4.78, 5) is 5.08. The van der Waals surface area contributed by atoms with E-state index < -0.39 is 0 Å². The lowest BCUT2D eigenvalue weighted by molar-refractivity contribution is 0.214. The van der Waals surface area contributed by atoms with Crippen molar-refractivity contribution in [3.63, 3.8) is 0 Å². The van der Waals surface area contributed by atoms with E-state index in [2.05, 4.69) is 9.80 Å². The van der Waals surface area contributed by atoms with Gasteiger partial charge in [-0.25, -0.2) is 0 Å². The van der Waals surface area contributed by atoms with Crippen molar-refractivity contribution < 1.29 is 5.11 Å². The highest BCUT2D eigenvalue weighted by atomic mass is 35.5. The van der Waals surface area contributed by atoms with E-state index in [0.717, 1.165) is 25.2 Å². The SMILES string of the molecule is Oc1ccc(Cl)cc1CN1CCCN2CCCC2C1.